The maximum Gasteiger partial charge on any atom is 0.269 e. The first-order chi connectivity index (χ1) is 28.6. The Morgan fingerprint density at radius 2 is 1.18 bits per heavy atom. The number of amides is 2. The molecule has 0 aliphatic carbocycles. The third-order valence-electron chi connectivity index (χ3n) is 8.92. The van der Waals surface area contributed by atoms with Gasteiger partial charge in [-0.05, 0) is 99.5 Å². The van der Waals surface area contributed by atoms with Gasteiger partial charge in [0.1, 0.15) is 12.1 Å². The summed E-state index contributed by atoms with van der Waals surface area (Å²) < 4.78 is 51.9. The van der Waals surface area contributed by atoms with Gasteiger partial charge in [-0.1, -0.05) is 35.3 Å². The monoisotopic (exact) mass is 910 g/mol. The van der Waals surface area contributed by atoms with Crippen LogP contribution in [0.1, 0.15) is 47.3 Å². The Labute approximate surface area is 362 Å². The van der Waals surface area contributed by atoms with Crippen LogP contribution in [0.5, 0.6) is 0 Å². The molecular formula is C40H40Cl2N8O9S2. The lowest BCUT2D eigenvalue weighted by molar-refractivity contribution is -0.124. The molecule has 61 heavy (non-hydrogen) atoms. The lowest BCUT2D eigenvalue weighted by atomic mass is 10.1. The zero-order chi connectivity index (χ0) is 45.4. The van der Waals surface area contributed by atoms with Gasteiger partial charge in [0.05, 0.1) is 45.2 Å². The van der Waals surface area contributed by atoms with Crippen LogP contribution in [-0.4, -0.2) is 79.8 Å². The summed E-state index contributed by atoms with van der Waals surface area (Å²) >= 11 is 12.4. The van der Waals surface area contributed by atoms with Gasteiger partial charge in [0.25, 0.3) is 11.8 Å². The average molecular weight is 912 g/mol. The molecule has 1 heterocycles. The van der Waals surface area contributed by atoms with E-state index in [4.69, 9.17) is 40.8 Å². The Morgan fingerprint density at radius 3 is 1.62 bits per heavy atom. The Kier molecular flexibility index (Phi) is 15.6. The number of aliphatic hydroxyl groups is 2. The standard InChI is InChI=1S/C20H21ClN4O5S.C20H19ClN4O4S/c1-11-15(9-10-16(22-3)17(11)21)23-18(12(2)26)20(28)25-24-19(27)13-5-7-14(8-6-13)31(4,29)30;1-11-15(9-10-16(22-3)17(11)21)23-18(12(2)26)20-25-24-19(29-20)13-5-7-14(8-6-13)30(4,27)28/h5-10,12,18,23,26H,1-2,4H3,(H,24,27)(H,25,28);5-10,12,18,23,26H,1-2,4H3/t2*12-,18+/m00/s1. The highest BCUT2D eigenvalue weighted by Gasteiger charge is 2.27. The summed E-state index contributed by atoms with van der Waals surface area (Å²) in [6.07, 6.45) is 0.162. The third kappa shape index (κ3) is 12.0. The molecule has 17 nitrogen and oxygen atoms in total. The summed E-state index contributed by atoms with van der Waals surface area (Å²) in [5.74, 6) is -1.05. The van der Waals surface area contributed by atoms with Gasteiger partial charge < -0.3 is 25.3 Å². The van der Waals surface area contributed by atoms with Gasteiger partial charge in [-0.3, -0.25) is 20.4 Å². The van der Waals surface area contributed by atoms with E-state index >= 15 is 0 Å². The van der Waals surface area contributed by atoms with Crippen molar-refractivity contribution in [2.75, 3.05) is 23.1 Å². The number of anilines is 2. The van der Waals surface area contributed by atoms with Crippen LogP contribution in [0, 0.1) is 27.0 Å². The van der Waals surface area contributed by atoms with Crippen LogP contribution in [-0.2, 0) is 24.5 Å². The normalized spacial score (nSPS) is 13.2. The van der Waals surface area contributed by atoms with E-state index in [1.54, 1.807) is 51.1 Å². The van der Waals surface area contributed by atoms with E-state index in [0.717, 1.165) is 12.5 Å². The van der Waals surface area contributed by atoms with E-state index in [-0.39, 0.29) is 37.8 Å². The van der Waals surface area contributed by atoms with Gasteiger partial charge in [-0.25, -0.2) is 26.5 Å². The van der Waals surface area contributed by atoms with Crippen LogP contribution < -0.4 is 21.5 Å². The molecule has 0 radical (unpaired) electrons. The number of nitrogens with zero attached hydrogens (tertiary/aromatic N) is 4. The van der Waals surface area contributed by atoms with Gasteiger partial charge >= 0.3 is 0 Å². The number of rotatable bonds is 12. The van der Waals surface area contributed by atoms with Crippen molar-refractivity contribution in [1.29, 1.82) is 0 Å². The number of hydrazine groups is 1. The number of hydrogen-bond acceptors (Lipinski definition) is 13. The molecule has 6 N–H and O–H groups in total. The van der Waals surface area contributed by atoms with Crippen LogP contribution in [0.2, 0.25) is 10.0 Å². The van der Waals surface area contributed by atoms with Gasteiger partial charge in [-0.15, -0.1) is 10.2 Å². The van der Waals surface area contributed by atoms with Gasteiger partial charge in [0, 0.05) is 35.0 Å². The summed E-state index contributed by atoms with van der Waals surface area (Å²) in [4.78, 5) is 31.7. The summed E-state index contributed by atoms with van der Waals surface area (Å²) in [6, 6.07) is 15.7. The smallest absolute Gasteiger partial charge is 0.269 e. The molecule has 2 amide bonds. The number of aliphatic hydroxyl groups excluding tert-OH is 2. The Morgan fingerprint density at radius 1 is 0.705 bits per heavy atom. The van der Waals surface area contributed by atoms with Crippen molar-refractivity contribution in [3.63, 3.8) is 0 Å². The minimum atomic E-state index is -3.40. The molecule has 5 aromatic rings. The second-order valence-electron chi connectivity index (χ2n) is 13.6. The van der Waals surface area contributed by atoms with Gasteiger partial charge in [-0.2, -0.15) is 0 Å². The molecule has 4 aromatic carbocycles. The highest BCUT2D eigenvalue weighted by atomic mass is 35.5. The lowest BCUT2D eigenvalue weighted by Gasteiger charge is -2.23. The molecule has 0 aliphatic heterocycles. The number of aromatic nitrogens is 2. The number of hydrogen-bond donors (Lipinski definition) is 6. The van der Waals surface area contributed by atoms with Crippen molar-refractivity contribution in [2.45, 2.75) is 61.8 Å². The van der Waals surface area contributed by atoms with Crippen LogP contribution in [0.3, 0.4) is 0 Å². The number of carbonyl (C=O) groups excluding carboxylic acids is 2. The summed E-state index contributed by atoms with van der Waals surface area (Å²) in [5, 5.41) is 34.9. The van der Waals surface area contributed by atoms with E-state index < -0.39 is 55.8 Å². The Balaban J connectivity index is 0.000000269. The Hall–Kier alpha value is -6.06. The fraction of sp³-hybridized carbons (Fsp3) is 0.250. The second-order valence-corrected chi connectivity index (χ2v) is 18.4. The number of carbonyl (C=O) groups is 2. The molecule has 0 unspecified atom stereocenters. The minimum Gasteiger partial charge on any atom is -0.418 e. The van der Waals surface area contributed by atoms with Crippen molar-refractivity contribution >= 4 is 77.4 Å². The van der Waals surface area contributed by atoms with E-state index in [0.29, 0.717) is 38.8 Å². The molecule has 5 rings (SSSR count). The molecule has 0 bridgehead atoms. The molecule has 0 aliphatic rings. The topological polar surface area (TPSA) is 239 Å². The first kappa shape index (κ1) is 47.6. The van der Waals surface area contributed by atoms with Crippen LogP contribution >= 0.6 is 23.2 Å². The first-order valence-corrected chi connectivity index (χ1v) is 22.4. The zero-order valence-electron chi connectivity index (χ0n) is 33.4. The van der Waals surface area contributed by atoms with E-state index in [2.05, 4.69) is 41.4 Å². The van der Waals surface area contributed by atoms with Crippen molar-refractivity contribution in [3.05, 3.63) is 128 Å². The molecule has 1 aromatic heterocycles. The average Bonchev–Trinajstić information content (AvgIpc) is 3.70. The van der Waals surface area contributed by atoms with Gasteiger partial charge in [0.15, 0.2) is 19.7 Å². The molecule has 21 heteroatoms. The summed E-state index contributed by atoms with van der Waals surface area (Å²) in [5.41, 5.74) is 7.98. The third-order valence-corrected chi connectivity index (χ3v) is 12.1. The molecule has 4 atom stereocenters. The zero-order valence-corrected chi connectivity index (χ0v) is 36.5. The number of benzene rings is 4. The largest absolute Gasteiger partial charge is 0.418 e. The molecule has 0 fully saturated rings. The predicted molar refractivity (Wildman–Crippen MR) is 230 cm³/mol. The van der Waals surface area contributed by atoms with E-state index in [9.17, 15) is 36.6 Å². The van der Waals surface area contributed by atoms with Crippen molar-refractivity contribution in [3.8, 4) is 11.5 Å². The SMILES string of the molecule is [C-]#[N+]c1ccc(N[C@@H](C(=O)NNC(=O)c2ccc(S(C)(=O)=O)cc2)[C@H](C)O)c(C)c1Cl.[C-]#[N+]c1ccc(N[C@@H](c2nnc(-c3ccc(S(C)(=O)=O)cc3)o2)[C@H](C)O)c(C)c1Cl. The maximum atomic E-state index is 12.5. The highest BCUT2D eigenvalue weighted by Crippen LogP contribution is 2.36. The van der Waals surface area contributed by atoms with Crippen molar-refractivity contribution < 1.29 is 41.1 Å². The summed E-state index contributed by atoms with van der Waals surface area (Å²) in [7, 11) is -6.70. The minimum absolute atomic E-state index is 0.0599. The predicted octanol–water partition coefficient (Wildman–Crippen LogP) is 6.41. The summed E-state index contributed by atoms with van der Waals surface area (Å²) in [6.45, 7) is 20.6. The fourth-order valence-electron chi connectivity index (χ4n) is 5.40. The highest BCUT2D eigenvalue weighted by molar-refractivity contribution is 7.91. The van der Waals surface area contributed by atoms with E-state index in [1.165, 1.54) is 49.4 Å². The second kappa shape index (κ2) is 20.0. The lowest BCUT2D eigenvalue weighted by Crippen LogP contribution is -2.52. The van der Waals surface area contributed by atoms with Crippen LogP contribution in [0.25, 0.3) is 21.1 Å². The molecule has 0 saturated heterocycles. The van der Waals surface area contributed by atoms with E-state index in [1.807, 2.05) is 0 Å². The van der Waals surface area contributed by atoms with Crippen molar-refractivity contribution in [1.82, 2.24) is 21.0 Å². The Bertz CT molecular complexity index is 2730. The quantitative estimate of drug-likeness (QED) is 0.0587. The molecule has 0 spiro atoms. The molecular weight excluding hydrogens is 872 g/mol. The van der Waals surface area contributed by atoms with Gasteiger partial charge in [0.2, 0.25) is 23.2 Å². The number of nitrogens with one attached hydrogen (secondary N) is 4. The van der Waals surface area contributed by atoms with Crippen LogP contribution in [0.4, 0.5) is 22.7 Å². The van der Waals surface area contributed by atoms with Crippen LogP contribution in [0.15, 0.2) is 87.0 Å². The number of sulfone groups is 2. The molecule has 0 saturated carbocycles. The first-order valence-electron chi connectivity index (χ1n) is 17.8. The maximum absolute atomic E-state index is 12.5. The molecule has 320 valence electrons. The van der Waals surface area contributed by atoms with Crippen molar-refractivity contribution in [2.24, 2.45) is 0 Å². The fourth-order valence-corrected chi connectivity index (χ4v) is 7.07. The number of halogens is 2.